The number of hydrogen-bond donors (Lipinski definition) is 1. The summed E-state index contributed by atoms with van der Waals surface area (Å²) < 4.78 is 0. The van der Waals surface area contributed by atoms with Gasteiger partial charge in [-0.3, -0.25) is 0 Å². The summed E-state index contributed by atoms with van der Waals surface area (Å²) in [5.41, 5.74) is 5.59. The maximum absolute atomic E-state index is 11.9. The van der Waals surface area contributed by atoms with E-state index in [9.17, 15) is 4.79 Å². The molecule has 0 aliphatic rings. The van der Waals surface area contributed by atoms with Gasteiger partial charge in [0.1, 0.15) is 0 Å². The molecule has 1 aromatic carbocycles. The fourth-order valence-electron chi connectivity index (χ4n) is 1.28. The van der Waals surface area contributed by atoms with Crippen LogP contribution in [0.4, 0.5) is 0 Å². The van der Waals surface area contributed by atoms with Crippen LogP contribution in [0, 0.1) is 5.41 Å². The minimum absolute atomic E-state index is 0.160. The van der Waals surface area contributed by atoms with Gasteiger partial charge in [0.05, 0.1) is 0 Å². The number of hydrogen-bond acceptors (Lipinski definition) is 3. The van der Waals surface area contributed by atoms with Gasteiger partial charge in [0.2, 0.25) is 0 Å². The molecule has 0 saturated heterocycles. The van der Waals surface area contributed by atoms with E-state index in [-0.39, 0.29) is 17.2 Å². The molecule has 4 heteroatoms. The molecule has 0 radical (unpaired) electrons. The predicted octanol–water partition coefficient (Wildman–Crippen LogP) is 2.76. The Morgan fingerprint density at radius 2 is 1.94 bits per heavy atom. The fourth-order valence-corrected chi connectivity index (χ4v) is 5.13. The summed E-state index contributed by atoms with van der Waals surface area (Å²) >= 11 is 0.321. The van der Waals surface area contributed by atoms with Crippen molar-refractivity contribution in [2.45, 2.75) is 37.0 Å². The number of Topliss-reactive ketones (excluding diaryl/α,β-unsaturated/α-hetero) is 1. The first kappa shape index (κ1) is 14.8. The number of ketones is 1. The van der Waals surface area contributed by atoms with E-state index in [0.717, 1.165) is 5.32 Å². The third-order valence-electron chi connectivity index (χ3n) is 2.22. The van der Waals surface area contributed by atoms with Crippen molar-refractivity contribution in [3.63, 3.8) is 0 Å². The molecule has 2 nitrogen and oxygen atoms in total. The van der Waals surface area contributed by atoms with Crippen molar-refractivity contribution < 1.29 is 4.79 Å². The van der Waals surface area contributed by atoms with Crippen LogP contribution < -0.4 is 5.73 Å². The van der Waals surface area contributed by atoms with Gasteiger partial charge in [-0.05, 0) is 0 Å². The maximum atomic E-state index is 11.9. The van der Waals surface area contributed by atoms with Gasteiger partial charge in [0.15, 0.2) is 0 Å². The molecule has 1 aromatic rings. The van der Waals surface area contributed by atoms with Crippen LogP contribution >= 0.6 is 10.2 Å². The van der Waals surface area contributed by atoms with Gasteiger partial charge in [0.25, 0.3) is 0 Å². The Kier molecular flexibility index (Phi) is 5.74. The number of rotatable bonds is 5. The summed E-state index contributed by atoms with van der Waals surface area (Å²) in [5.74, 6) is 0.160. The van der Waals surface area contributed by atoms with E-state index < -0.39 is 0 Å². The summed E-state index contributed by atoms with van der Waals surface area (Å²) in [5, 5.41) is 0.794. The standard InChI is InChI=1S/C13H19NOSSe/c1-13(2,3)12(15)11(14)9-17-16-10-7-5-4-6-8-10/h4-8,11H,9,14H2,1-3H3. The molecule has 2 N–H and O–H groups in total. The summed E-state index contributed by atoms with van der Waals surface area (Å²) in [6.45, 7) is 5.77. The van der Waals surface area contributed by atoms with Crippen LogP contribution in [0.15, 0.2) is 35.2 Å². The van der Waals surface area contributed by atoms with Gasteiger partial charge < -0.3 is 0 Å². The summed E-state index contributed by atoms with van der Waals surface area (Å²) in [6, 6.07) is 9.92. The molecular formula is C13H19NOSSe. The van der Waals surface area contributed by atoms with E-state index in [1.165, 1.54) is 4.90 Å². The Balaban J connectivity index is 2.35. The average molecular weight is 316 g/mol. The second kappa shape index (κ2) is 6.60. The number of carbonyl (C=O) groups excluding carboxylic acids is 1. The molecule has 94 valence electrons. The molecule has 1 unspecified atom stereocenters. The summed E-state index contributed by atoms with van der Waals surface area (Å²) in [6.07, 6.45) is 0. The third-order valence-corrected chi connectivity index (χ3v) is 6.50. The Labute approximate surface area is 113 Å². The number of carbonyl (C=O) groups is 1. The van der Waals surface area contributed by atoms with Gasteiger partial charge in [-0.2, -0.15) is 0 Å². The van der Waals surface area contributed by atoms with Crippen LogP contribution in [0.1, 0.15) is 20.8 Å². The monoisotopic (exact) mass is 317 g/mol. The number of nitrogens with two attached hydrogens (primary N) is 1. The van der Waals surface area contributed by atoms with Gasteiger partial charge in [-0.25, -0.2) is 0 Å². The Hall–Kier alpha value is -0.281. The Bertz CT molecular complexity index is 361. The summed E-state index contributed by atoms with van der Waals surface area (Å²) in [4.78, 5) is 13.1. The molecule has 1 atom stereocenters. The van der Waals surface area contributed by atoms with Gasteiger partial charge >= 0.3 is 113 Å². The van der Waals surface area contributed by atoms with Crippen LogP contribution in [-0.4, -0.2) is 25.7 Å². The molecule has 1 rings (SSSR count). The third kappa shape index (κ3) is 5.26. The van der Waals surface area contributed by atoms with Crippen molar-refractivity contribution >= 4 is 29.8 Å². The minimum atomic E-state index is -0.326. The fraction of sp³-hybridized carbons (Fsp3) is 0.462. The van der Waals surface area contributed by atoms with Crippen LogP contribution in [0.2, 0.25) is 5.32 Å². The average Bonchev–Trinajstić information content (AvgIpc) is 2.28. The predicted molar refractivity (Wildman–Crippen MR) is 75.3 cm³/mol. The van der Waals surface area contributed by atoms with Crippen LogP contribution in [0.3, 0.4) is 0 Å². The molecule has 0 aliphatic carbocycles. The molecular weight excluding hydrogens is 297 g/mol. The topological polar surface area (TPSA) is 43.1 Å². The first-order chi connectivity index (χ1) is 7.91. The molecule has 0 saturated carbocycles. The molecule has 17 heavy (non-hydrogen) atoms. The molecule has 0 spiro atoms. The van der Waals surface area contributed by atoms with E-state index in [1.807, 2.05) is 49.2 Å². The van der Waals surface area contributed by atoms with Gasteiger partial charge in [0, 0.05) is 0 Å². The molecule has 0 aromatic heterocycles. The first-order valence-corrected chi connectivity index (χ1v) is 9.61. The van der Waals surface area contributed by atoms with Crippen LogP contribution in [0.25, 0.3) is 0 Å². The van der Waals surface area contributed by atoms with Gasteiger partial charge in [-0.15, -0.1) is 0 Å². The zero-order chi connectivity index (χ0) is 12.9. The van der Waals surface area contributed by atoms with E-state index in [0.29, 0.717) is 13.8 Å². The first-order valence-electron chi connectivity index (χ1n) is 5.55. The normalized spacial score (nSPS) is 13.4. The van der Waals surface area contributed by atoms with Crippen molar-refractivity contribution in [1.82, 2.24) is 0 Å². The molecule has 0 amide bonds. The van der Waals surface area contributed by atoms with E-state index in [1.54, 1.807) is 0 Å². The van der Waals surface area contributed by atoms with Crippen molar-refractivity contribution in [2.24, 2.45) is 11.1 Å². The van der Waals surface area contributed by atoms with Crippen molar-refractivity contribution in [3.8, 4) is 0 Å². The van der Waals surface area contributed by atoms with E-state index in [4.69, 9.17) is 5.73 Å². The number of benzene rings is 1. The zero-order valence-corrected chi connectivity index (χ0v) is 13.0. The second-order valence-electron chi connectivity index (χ2n) is 4.90. The molecule has 0 heterocycles. The Morgan fingerprint density at radius 1 is 1.35 bits per heavy atom. The molecule has 0 fully saturated rings. The van der Waals surface area contributed by atoms with E-state index >= 15 is 0 Å². The van der Waals surface area contributed by atoms with Crippen LogP contribution in [0.5, 0.6) is 0 Å². The quantitative estimate of drug-likeness (QED) is 0.850. The Morgan fingerprint density at radius 3 is 2.47 bits per heavy atom. The van der Waals surface area contributed by atoms with Crippen molar-refractivity contribution in [2.75, 3.05) is 0 Å². The molecule has 0 aliphatic heterocycles. The van der Waals surface area contributed by atoms with Gasteiger partial charge in [-0.1, -0.05) is 0 Å². The van der Waals surface area contributed by atoms with E-state index in [2.05, 4.69) is 12.1 Å². The van der Waals surface area contributed by atoms with Crippen molar-refractivity contribution in [1.29, 1.82) is 0 Å². The van der Waals surface area contributed by atoms with Crippen LogP contribution in [-0.2, 0) is 4.79 Å². The second-order valence-corrected chi connectivity index (χ2v) is 9.01. The summed E-state index contributed by atoms with van der Waals surface area (Å²) in [7, 11) is 1.81. The SMILES string of the molecule is CC(C)(C)C(=O)C(N)C[Se]Sc1ccccc1. The van der Waals surface area contributed by atoms with Crippen molar-refractivity contribution in [3.05, 3.63) is 30.3 Å². The molecule has 0 bridgehead atoms. The zero-order valence-electron chi connectivity index (χ0n) is 10.5.